The van der Waals surface area contributed by atoms with Crippen LogP contribution in [0.4, 0.5) is 0 Å². The summed E-state index contributed by atoms with van der Waals surface area (Å²) in [5.74, 6) is -0.387. The second-order valence-electron chi connectivity index (χ2n) is 6.99. The summed E-state index contributed by atoms with van der Waals surface area (Å²) in [6, 6.07) is 11.3. The summed E-state index contributed by atoms with van der Waals surface area (Å²) in [7, 11) is 0. The zero-order chi connectivity index (χ0) is 19.4. The predicted octanol–water partition coefficient (Wildman–Crippen LogP) is 3.07. The molecule has 0 aliphatic heterocycles. The van der Waals surface area contributed by atoms with Crippen LogP contribution in [0.3, 0.4) is 0 Å². The normalized spacial score (nSPS) is 14.8. The Morgan fingerprint density at radius 3 is 2.71 bits per heavy atom. The Bertz CT molecular complexity index is 1320. The molecule has 1 aliphatic rings. The van der Waals surface area contributed by atoms with E-state index in [2.05, 4.69) is 9.97 Å². The maximum Gasteiger partial charge on any atom is 0.173 e. The van der Waals surface area contributed by atoms with Gasteiger partial charge in [0.1, 0.15) is 5.65 Å². The number of fused-ring (bicyclic) bond motifs is 2. The van der Waals surface area contributed by atoms with Crippen LogP contribution in [0.15, 0.2) is 48.8 Å². The summed E-state index contributed by atoms with van der Waals surface area (Å²) in [5, 5.41) is 10.4. The molecule has 1 aliphatic carbocycles. The number of aliphatic hydroxyl groups is 1. The first kappa shape index (κ1) is 16.6. The minimum atomic E-state index is -0.204. The Balaban J connectivity index is 1.86. The van der Waals surface area contributed by atoms with Gasteiger partial charge in [0.05, 0.1) is 30.0 Å². The second kappa shape index (κ2) is 6.00. The molecule has 0 radical (unpaired) electrons. The van der Waals surface area contributed by atoms with E-state index in [0.29, 0.717) is 33.7 Å². The molecule has 0 fully saturated rings. The van der Waals surface area contributed by atoms with E-state index in [1.54, 1.807) is 28.9 Å². The highest BCUT2D eigenvalue weighted by molar-refractivity contribution is 6.51. The number of hydrogen-bond acceptors (Lipinski definition) is 4. The van der Waals surface area contributed by atoms with E-state index in [1.165, 1.54) is 0 Å². The second-order valence-corrected chi connectivity index (χ2v) is 6.99. The zero-order valence-electron chi connectivity index (χ0n) is 15.2. The van der Waals surface area contributed by atoms with Crippen molar-refractivity contribution in [2.45, 2.75) is 20.0 Å². The lowest BCUT2D eigenvalue weighted by Gasteiger charge is -2.08. The molecule has 0 spiro atoms. The SMILES string of the molecule is Cc1nc2ccc(CO)cn2c1C1=C(c2c[nH]c3ccccc23)C(=O)CC1=O. The quantitative estimate of drug-likeness (QED) is 0.542. The minimum Gasteiger partial charge on any atom is -0.392 e. The van der Waals surface area contributed by atoms with Crippen molar-refractivity contribution in [3.05, 3.63) is 71.3 Å². The van der Waals surface area contributed by atoms with Crippen molar-refractivity contribution in [3.8, 4) is 0 Å². The molecule has 28 heavy (non-hydrogen) atoms. The molecule has 5 rings (SSSR count). The van der Waals surface area contributed by atoms with Crippen molar-refractivity contribution >= 4 is 39.3 Å². The minimum absolute atomic E-state index is 0.117. The number of benzene rings is 1. The Hall–Kier alpha value is -3.51. The Morgan fingerprint density at radius 1 is 1.11 bits per heavy atom. The molecule has 1 aromatic carbocycles. The first-order valence-corrected chi connectivity index (χ1v) is 9.04. The molecule has 0 bridgehead atoms. The molecule has 0 atom stereocenters. The third-order valence-corrected chi connectivity index (χ3v) is 5.26. The number of imidazole rings is 1. The lowest BCUT2D eigenvalue weighted by atomic mass is 9.98. The van der Waals surface area contributed by atoms with Gasteiger partial charge < -0.3 is 10.1 Å². The smallest absolute Gasteiger partial charge is 0.173 e. The summed E-state index contributed by atoms with van der Waals surface area (Å²) in [6.45, 7) is 1.71. The van der Waals surface area contributed by atoms with Crippen molar-refractivity contribution in [2.24, 2.45) is 0 Å². The number of pyridine rings is 1. The van der Waals surface area contributed by atoms with Crippen molar-refractivity contribution in [3.63, 3.8) is 0 Å². The third-order valence-electron chi connectivity index (χ3n) is 5.26. The lowest BCUT2D eigenvalue weighted by Crippen LogP contribution is -2.02. The van der Waals surface area contributed by atoms with E-state index >= 15 is 0 Å². The van der Waals surface area contributed by atoms with E-state index in [0.717, 1.165) is 16.5 Å². The first-order valence-electron chi connectivity index (χ1n) is 9.04. The topological polar surface area (TPSA) is 87.5 Å². The fourth-order valence-electron chi connectivity index (χ4n) is 4.02. The van der Waals surface area contributed by atoms with Crippen LogP contribution in [0.25, 0.3) is 27.7 Å². The van der Waals surface area contributed by atoms with Crippen molar-refractivity contribution in [2.75, 3.05) is 0 Å². The molecule has 0 unspecified atom stereocenters. The van der Waals surface area contributed by atoms with Crippen molar-refractivity contribution < 1.29 is 14.7 Å². The average molecular weight is 371 g/mol. The number of carbonyl (C=O) groups excluding carboxylic acids is 2. The molecule has 0 amide bonds. The van der Waals surface area contributed by atoms with Gasteiger partial charge in [-0.05, 0) is 24.6 Å². The number of ketones is 2. The van der Waals surface area contributed by atoms with Gasteiger partial charge in [0.15, 0.2) is 11.6 Å². The van der Waals surface area contributed by atoms with Gasteiger partial charge in [-0.1, -0.05) is 24.3 Å². The summed E-state index contributed by atoms with van der Waals surface area (Å²) in [6.07, 6.45) is 3.41. The maximum absolute atomic E-state index is 12.9. The molecule has 3 aromatic heterocycles. The maximum atomic E-state index is 12.9. The number of nitrogens with one attached hydrogen (secondary N) is 1. The number of carbonyl (C=O) groups is 2. The van der Waals surface area contributed by atoms with Crippen LogP contribution in [-0.2, 0) is 16.2 Å². The van der Waals surface area contributed by atoms with Crippen LogP contribution in [0.2, 0.25) is 0 Å². The number of aryl methyl sites for hydroxylation is 1. The van der Waals surface area contributed by atoms with E-state index in [1.807, 2.05) is 31.2 Å². The zero-order valence-corrected chi connectivity index (χ0v) is 15.2. The van der Waals surface area contributed by atoms with E-state index in [4.69, 9.17) is 0 Å². The largest absolute Gasteiger partial charge is 0.392 e. The van der Waals surface area contributed by atoms with Crippen LogP contribution in [0, 0.1) is 6.92 Å². The highest BCUT2D eigenvalue weighted by Crippen LogP contribution is 2.39. The molecule has 138 valence electrons. The molecular weight excluding hydrogens is 354 g/mol. The number of aromatic nitrogens is 3. The molecule has 6 nitrogen and oxygen atoms in total. The molecule has 3 heterocycles. The molecular formula is C22H17N3O3. The number of nitrogens with zero attached hydrogens (tertiary/aromatic N) is 2. The number of aromatic amines is 1. The van der Waals surface area contributed by atoms with Gasteiger partial charge in [-0.25, -0.2) is 4.98 Å². The summed E-state index contributed by atoms with van der Waals surface area (Å²) >= 11 is 0. The average Bonchev–Trinajstić information content (AvgIpc) is 3.33. The summed E-state index contributed by atoms with van der Waals surface area (Å²) < 4.78 is 1.79. The van der Waals surface area contributed by atoms with Crippen LogP contribution in [0.1, 0.15) is 28.9 Å². The van der Waals surface area contributed by atoms with Crippen LogP contribution in [-0.4, -0.2) is 31.0 Å². The van der Waals surface area contributed by atoms with Gasteiger partial charge in [-0.15, -0.1) is 0 Å². The summed E-state index contributed by atoms with van der Waals surface area (Å²) in [4.78, 5) is 33.5. The number of Topliss-reactive ketones (excluding diaryl/α,β-unsaturated/α-hetero) is 2. The number of hydrogen-bond donors (Lipinski definition) is 2. The fourth-order valence-corrected chi connectivity index (χ4v) is 4.02. The standard InChI is InChI=1S/C22H17N3O3/c1-12-22(25-10-13(11-26)6-7-19(25)24-12)21-18(28)8-17(27)20(21)15-9-23-16-5-3-2-4-14(15)16/h2-7,9-10,23,26H,8,11H2,1H3. The van der Waals surface area contributed by atoms with Crippen LogP contribution >= 0.6 is 0 Å². The molecule has 6 heteroatoms. The van der Waals surface area contributed by atoms with Gasteiger partial charge in [-0.2, -0.15) is 0 Å². The highest BCUT2D eigenvalue weighted by atomic mass is 16.3. The lowest BCUT2D eigenvalue weighted by molar-refractivity contribution is -0.119. The van der Waals surface area contributed by atoms with Crippen molar-refractivity contribution in [1.29, 1.82) is 0 Å². The van der Waals surface area contributed by atoms with Crippen molar-refractivity contribution in [1.82, 2.24) is 14.4 Å². The van der Waals surface area contributed by atoms with E-state index in [-0.39, 0.29) is 24.6 Å². The van der Waals surface area contributed by atoms with Gasteiger partial charge >= 0.3 is 0 Å². The number of allylic oxidation sites excluding steroid dienone is 2. The first-order chi connectivity index (χ1) is 13.6. The van der Waals surface area contributed by atoms with Gasteiger partial charge in [0, 0.05) is 34.4 Å². The third kappa shape index (κ3) is 2.28. The van der Waals surface area contributed by atoms with E-state index < -0.39 is 0 Å². The number of H-pyrrole nitrogens is 1. The van der Waals surface area contributed by atoms with Gasteiger partial charge in [0.2, 0.25) is 0 Å². The monoisotopic (exact) mass is 371 g/mol. The Morgan fingerprint density at radius 2 is 1.89 bits per heavy atom. The number of para-hydroxylation sites is 1. The molecule has 4 aromatic rings. The van der Waals surface area contributed by atoms with Gasteiger partial charge in [0.25, 0.3) is 0 Å². The van der Waals surface area contributed by atoms with E-state index in [9.17, 15) is 14.7 Å². The number of aliphatic hydroxyl groups excluding tert-OH is 1. The molecule has 0 saturated heterocycles. The highest BCUT2D eigenvalue weighted by Gasteiger charge is 2.36. The Labute approximate surface area is 160 Å². The van der Waals surface area contributed by atoms with Gasteiger partial charge in [-0.3, -0.25) is 14.0 Å². The molecule has 2 N–H and O–H groups in total. The Kier molecular flexibility index (Phi) is 3.57. The van der Waals surface area contributed by atoms with Crippen LogP contribution in [0.5, 0.6) is 0 Å². The summed E-state index contributed by atoms with van der Waals surface area (Å²) in [5.41, 5.74) is 5.13. The fraction of sp³-hybridized carbons (Fsp3) is 0.136. The molecule has 0 saturated carbocycles. The number of rotatable bonds is 3. The van der Waals surface area contributed by atoms with Crippen LogP contribution < -0.4 is 0 Å². The predicted molar refractivity (Wildman–Crippen MR) is 106 cm³/mol.